The largest absolute Gasteiger partial charge is 0.326 e. The van der Waals surface area contributed by atoms with Crippen LogP contribution in [0.4, 0.5) is 5.69 Å². The number of nitrogens with zero attached hydrogens (tertiary/aromatic N) is 1. The van der Waals surface area contributed by atoms with E-state index >= 15 is 0 Å². The Morgan fingerprint density at radius 1 is 1.07 bits per heavy atom. The Morgan fingerprint density at radius 2 is 1.74 bits per heavy atom. The predicted octanol–water partition coefficient (Wildman–Crippen LogP) is 2.20. The zero-order valence-electron chi connectivity index (χ0n) is 14.6. The maximum Gasteiger partial charge on any atom is 0.268 e. The molecular formula is C19H18N2O5S. The molecule has 0 spiro atoms. The van der Waals surface area contributed by atoms with Crippen LogP contribution in [0.15, 0.2) is 48.5 Å². The van der Waals surface area contributed by atoms with Crippen molar-refractivity contribution in [2.75, 3.05) is 11.9 Å². The molecule has 0 fully saturated rings. The van der Waals surface area contributed by atoms with E-state index < -0.39 is 28.3 Å². The molecular weight excluding hydrogens is 368 g/mol. The average molecular weight is 386 g/mol. The summed E-state index contributed by atoms with van der Waals surface area (Å²) >= 11 is 0. The van der Waals surface area contributed by atoms with E-state index in [1.54, 1.807) is 43.3 Å². The topological polar surface area (TPSA) is 101 Å². The number of carbonyl (C=O) groups is 3. The molecule has 3 rings (SSSR count). The van der Waals surface area contributed by atoms with Gasteiger partial charge in [-0.25, -0.2) is 12.7 Å². The molecule has 0 saturated carbocycles. The van der Waals surface area contributed by atoms with Crippen molar-refractivity contribution in [3.8, 4) is 0 Å². The van der Waals surface area contributed by atoms with E-state index in [2.05, 4.69) is 5.32 Å². The number of sulfonamides is 1. The van der Waals surface area contributed by atoms with Crippen LogP contribution < -0.4 is 5.32 Å². The molecule has 2 aromatic carbocycles. The van der Waals surface area contributed by atoms with Crippen molar-refractivity contribution >= 4 is 33.3 Å². The molecule has 0 atom stereocenters. The second-order valence-electron chi connectivity index (χ2n) is 6.13. The molecule has 0 radical (unpaired) electrons. The molecule has 1 aliphatic rings. The van der Waals surface area contributed by atoms with Gasteiger partial charge in [0.05, 0.1) is 5.75 Å². The van der Waals surface area contributed by atoms with Crippen molar-refractivity contribution in [3.05, 3.63) is 65.2 Å². The Hall–Kier alpha value is -3.00. The van der Waals surface area contributed by atoms with Gasteiger partial charge in [-0.3, -0.25) is 14.4 Å². The van der Waals surface area contributed by atoms with Gasteiger partial charge in [0, 0.05) is 23.2 Å². The number of amides is 2. The van der Waals surface area contributed by atoms with Crippen LogP contribution in [0.3, 0.4) is 0 Å². The molecule has 0 saturated heterocycles. The smallest absolute Gasteiger partial charge is 0.268 e. The highest BCUT2D eigenvalue weighted by atomic mass is 32.2. The first-order valence-corrected chi connectivity index (χ1v) is 9.98. The molecule has 0 aromatic heterocycles. The molecule has 27 heavy (non-hydrogen) atoms. The van der Waals surface area contributed by atoms with Gasteiger partial charge in [-0.2, -0.15) is 0 Å². The second-order valence-corrected chi connectivity index (χ2v) is 8.02. The number of rotatable bonds is 5. The predicted molar refractivity (Wildman–Crippen MR) is 99.8 cm³/mol. The Kier molecular flexibility index (Phi) is 5.09. The third kappa shape index (κ3) is 3.90. The van der Waals surface area contributed by atoms with Crippen LogP contribution >= 0.6 is 0 Å². The van der Waals surface area contributed by atoms with Crippen LogP contribution in [0.1, 0.15) is 39.6 Å². The van der Waals surface area contributed by atoms with Crippen molar-refractivity contribution in [2.24, 2.45) is 0 Å². The third-order valence-electron chi connectivity index (χ3n) is 4.25. The van der Waals surface area contributed by atoms with Gasteiger partial charge in [0.1, 0.15) is 6.54 Å². The Balaban J connectivity index is 1.79. The van der Waals surface area contributed by atoms with Crippen LogP contribution in [-0.2, 0) is 20.6 Å². The van der Waals surface area contributed by atoms with Crippen molar-refractivity contribution in [1.82, 2.24) is 4.31 Å². The number of ketones is 1. The zero-order valence-corrected chi connectivity index (χ0v) is 15.5. The van der Waals surface area contributed by atoms with Crippen molar-refractivity contribution < 1.29 is 22.8 Å². The molecule has 0 bridgehead atoms. The van der Waals surface area contributed by atoms with Gasteiger partial charge in [-0.15, -0.1) is 0 Å². The molecule has 0 aliphatic carbocycles. The van der Waals surface area contributed by atoms with Gasteiger partial charge < -0.3 is 5.32 Å². The standard InChI is InChI=1S/C19H18N2O5S/c1-2-18(23)20-15-9-7-13(8-10-15)17(22)11-21-19(24)16-6-4-3-5-14(16)12-27(21,25)26/h3-10H,2,11-12H2,1H3,(H,20,23). The van der Waals surface area contributed by atoms with Gasteiger partial charge in [0.25, 0.3) is 5.91 Å². The lowest BCUT2D eigenvalue weighted by molar-refractivity contribution is -0.115. The average Bonchev–Trinajstić information content (AvgIpc) is 2.65. The highest BCUT2D eigenvalue weighted by molar-refractivity contribution is 7.89. The number of fused-ring (bicyclic) bond motifs is 1. The van der Waals surface area contributed by atoms with E-state index in [4.69, 9.17) is 0 Å². The fraction of sp³-hybridized carbons (Fsp3) is 0.211. The van der Waals surface area contributed by atoms with E-state index in [-0.39, 0.29) is 22.8 Å². The van der Waals surface area contributed by atoms with Gasteiger partial charge >= 0.3 is 0 Å². The highest BCUT2D eigenvalue weighted by Crippen LogP contribution is 2.25. The lowest BCUT2D eigenvalue weighted by atomic mass is 10.1. The summed E-state index contributed by atoms with van der Waals surface area (Å²) in [6.07, 6.45) is 0.330. The number of nitrogens with one attached hydrogen (secondary N) is 1. The van der Waals surface area contributed by atoms with Crippen LogP contribution in [0, 0.1) is 0 Å². The monoisotopic (exact) mass is 386 g/mol. The van der Waals surface area contributed by atoms with Crippen LogP contribution in [0.25, 0.3) is 0 Å². The maximum atomic E-state index is 12.6. The molecule has 2 aromatic rings. The van der Waals surface area contributed by atoms with Gasteiger partial charge in [0.2, 0.25) is 15.9 Å². The highest BCUT2D eigenvalue weighted by Gasteiger charge is 2.36. The third-order valence-corrected chi connectivity index (χ3v) is 5.89. The van der Waals surface area contributed by atoms with Crippen molar-refractivity contribution in [2.45, 2.75) is 19.1 Å². The van der Waals surface area contributed by atoms with Gasteiger partial charge in [0.15, 0.2) is 5.78 Å². The van der Waals surface area contributed by atoms with E-state index in [1.807, 2.05) is 0 Å². The molecule has 1 N–H and O–H groups in total. The molecule has 8 heteroatoms. The summed E-state index contributed by atoms with van der Waals surface area (Å²) in [5.74, 6) is -1.67. The number of Topliss-reactive ketones (excluding diaryl/α,β-unsaturated/α-hetero) is 1. The normalized spacial score (nSPS) is 15.1. The van der Waals surface area contributed by atoms with Crippen molar-refractivity contribution in [3.63, 3.8) is 0 Å². The molecule has 1 aliphatic heterocycles. The summed E-state index contributed by atoms with van der Waals surface area (Å²) in [4.78, 5) is 36.4. The SMILES string of the molecule is CCC(=O)Nc1ccc(C(=O)CN2C(=O)c3ccccc3CS2(=O)=O)cc1. The maximum absolute atomic E-state index is 12.6. The molecule has 0 unspecified atom stereocenters. The van der Waals surface area contributed by atoms with Crippen LogP contribution in [0.5, 0.6) is 0 Å². The minimum atomic E-state index is -3.91. The first-order chi connectivity index (χ1) is 12.8. The number of benzene rings is 2. The molecule has 7 nitrogen and oxygen atoms in total. The number of hydrogen-bond acceptors (Lipinski definition) is 5. The summed E-state index contributed by atoms with van der Waals surface area (Å²) in [6, 6.07) is 12.6. The quantitative estimate of drug-likeness (QED) is 0.794. The molecule has 140 valence electrons. The van der Waals surface area contributed by atoms with Gasteiger partial charge in [-0.1, -0.05) is 25.1 Å². The fourth-order valence-corrected chi connectivity index (χ4v) is 4.24. The van der Waals surface area contributed by atoms with E-state index in [9.17, 15) is 22.8 Å². The van der Waals surface area contributed by atoms with E-state index in [1.165, 1.54) is 12.1 Å². The summed E-state index contributed by atoms with van der Waals surface area (Å²) < 4.78 is 25.5. The zero-order chi connectivity index (χ0) is 19.6. The van der Waals surface area contributed by atoms with Crippen molar-refractivity contribution in [1.29, 1.82) is 0 Å². The Labute approximate surface area is 157 Å². The van der Waals surface area contributed by atoms with E-state index in [0.29, 0.717) is 22.0 Å². The van der Waals surface area contributed by atoms with Crippen LogP contribution in [0.2, 0.25) is 0 Å². The Morgan fingerprint density at radius 3 is 2.41 bits per heavy atom. The lowest BCUT2D eigenvalue weighted by Crippen LogP contribution is -2.44. The molecule has 1 heterocycles. The van der Waals surface area contributed by atoms with Crippen LogP contribution in [-0.4, -0.2) is 36.9 Å². The minimum absolute atomic E-state index is 0.155. The summed E-state index contributed by atoms with van der Waals surface area (Å²) in [5, 5.41) is 2.66. The fourth-order valence-electron chi connectivity index (χ4n) is 2.77. The lowest BCUT2D eigenvalue weighted by Gasteiger charge is -2.27. The number of carbonyl (C=O) groups excluding carboxylic acids is 3. The minimum Gasteiger partial charge on any atom is -0.326 e. The summed E-state index contributed by atoms with van der Waals surface area (Å²) in [6.45, 7) is 1.16. The first kappa shape index (κ1) is 18.8. The second kappa shape index (κ2) is 7.32. The molecule has 2 amide bonds. The van der Waals surface area contributed by atoms with Gasteiger partial charge in [-0.05, 0) is 35.9 Å². The Bertz CT molecular complexity index is 1010. The summed E-state index contributed by atoms with van der Waals surface area (Å²) in [5.41, 5.74) is 1.51. The number of hydrogen-bond donors (Lipinski definition) is 1. The van der Waals surface area contributed by atoms with E-state index in [0.717, 1.165) is 0 Å². The summed E-state index contributed by atoms with van der Waals surface area (Å²) in [7, 11) is -3.91. The number of anilines is 1. The first-order valence-electron chi connectivity index (χ1n) is 8.37.